The van der Waals surface area contributed by atoms with Crippen molar-refractivity contribution in [1.29, 1.82) is 0 Å². The predicted molar refractivity (Wildman–Crippen MR) is 114 cm³/mol. The van der Waals surface area contributed by atoms with Gasteiger partial charge in [0.15, 0.2) is 0 Å². The maximum absolute atomic E-state index is 11.9. The second-order valence-corrected chi connectivity index (χ2v) is 9.13. The Hall–Kier alpha value is -1.54. The molecule has 1 saturated heterocycles. The van der Waals surface area contributed by atoms with Gasteiger partial charge in [-0.25, -0.2) is 9.59 Å². The van der Waals surface area contributed by atoms with Crippen molar-refractivity contribution in [3.8, 4) is 0 Å². The normalized spacial score (nSPS) is 22.5. The van der Waals surface area contributed by atoms with Crippen LogP contribution in [0.1, 0.15) is 39.2 Å². The molecule has 0 aliphatic carbocycles. The maximum atomic E-state index is 11.9. The average Bonchev–Trinajstić information content (AvgIpc) is 2.84. The van der Waals surface area contributed by atoms with E-state index in [4.69, 9.17) is 37.4 Å². The fourth-order valence-electron chi connectivity index (χ4n) is 3.29. The minimum absolute atomic E-state index is 0.101. The quantitative estimate of drug-likeness (QED) is 0.629. The molecule has 1 aliphatic rings. The summed E-state index contributed by atoms with van der Waals surface area (Å²) in [6, 6.07) is 5.19. The van der Waals surface area contributed by atoms with Gasteiger partial charge in [-0.15, -0.1) is 0 Å². The molecule has 168 valence electrons. The number of benzene rings is 1. The Labute approximate surface area is 187 Å². The lowest BCUT2D eigenvalue weighted by atomic mass is 9.88. The molecule has 1 heterocycles. The zero-order valence-corrected chi connectivity index (χ0v) is 19.2. The van der Waals surface area contributed by atoms with Crippen molar-refractivity contribution in [1.82, 2.24) is 4.90 Å². The lowest BCUT2D eigenvalue weighted by Gasteiger charge is -2.34. The number of carbonyl (C=O) groups is 2. The van der Waals surface area contributed by atoms with Gasteiger partial charge >= 0.3 is 12.1 Å². The zero-order chi connectivity index (χ0) is 22.5. The molecule has 30 heavy (non-hydrogen) atoms. The number of ether oxygens (including phenoxy) is 3. The average molecular weight is 462 g/mol. The molecule has 1 aliphatic heterocycles. The molecule has 1 fully saturated rings. The summed E-state index contributed by atoms with van der Waals surface area (Å²) in [6.07, 6.45) is -1.88. The summed E-state index contributed by atoms with van der Waals surface area (Å²) in [4.78, 5) is 24.9. The lowest BCUT2D eigenvalue weighted by Crippen LogP contribution is -2.42. The molecule has 7 nitrogen and oxygen atoms in total. The third-order valence-corrected chi connectivity index (χ3v) is 5.75. The number of halogens is 2. The highest BCUT2D eigenvalue weighted by molar-refractivity contribution is 6.42. The van der Waals surface area contributed by atoms with E-state index < -0.39 is 18.2 Å². The van der Waals surface area contributed by atoms with Gasteiger partial charge < -0.3 is 24.2 Å². The third-order valence-electron chi connectivity index (χ3n) is 5.01. The SMILES string of the molecule is CCOC(=O)COCC1OC(C(C)(C)C)CN(C(=O)O)CC1c1ccc(Cl)c(Cl)c1. The van der Waals surface area contributed by atoms with Crippen LogP contribution in [-0.4, -0.2) is 67.2 Å². The molecule has 3 atom stereocenters. The minimum Gasteiger partial charge on any atom is -0.465 e. The van der Waals surface area contributed by atoms with E-state index in [0.717, 1.165) is 5.56 Å². The van der Waals surface area contributed by atoms with Gasteiger partial charge in [0.05, 0.1) is 42.0 Å². The molecule has 1 N–H and O–H groups in total. The Morgan fingerprint density at radius 1 is 1.23 bits per heavy atom. The highest BCUT2D eigenvalue weighted by Crippen LogP contribution is 2.35. The van der Waals surface area contributed by atoms with Crippen LogP contribution < -0.4 is 0 Å². The summed E-state index contributed by atoms with van der Waals surface area (Å²) in [6.45, 7) is 8.30. The summed E-state index contributed by atoms with van der Waals surface area (Å²) in [7, 11) is 0. The highest BCUT2D eigenvalue weighted by Gasteiger charge is 2.40. The molecule has 1 amide bonds. The number of amides is 1. The van der Waals surface area contributed by atoms with Gasteiger partial charge in [-0.3, -0.25) is 0 Å². The maximum Gasteiger partial charge on any atom is 0.407 e. The largest absolute Gasteiger partial charge is 0.465 e. The first-order chi connectivity index (χ1) is 14.0. The summed E-state index contributed by atoms with van der Waals surface area (Å²) < 4.78 is 16.9. The van der Waals surface area contributed by atoms with E-state index in [1.54, 1.807) is 25.1 Å². The topological polar surface area (TPSA) is 85.3 Å². The number of nitrogens with zero attached hydrogens (tertiary/aromatic N) is 1. The van der Waals surface area contributed by atoms with Gasteiger partial charge in [0.1, 0.15) is 6.61 Å². The lowest BCUT2D eigenvalue weighted by molar-refractivity contribution is -0.151. The Kier molecular flexibility index (Phi) is 8.79. The number of carbonyl (C=O) groups excluding carboxylic acids is 1. The van der Waals surface area contributed by atoms with Gasteiger partial charge in [0.25, 0.3) is 0 Å². The Balaban J connectivity index is 2.33. The molecule has 0 spiro atoms. The van der Waals surface area contributed by atoms with E-state index >= 15 is 0 Å². The summed E-state index contributed by atoms with van der Waals surface area (Å²) in [5, 5.41) is 10.5. The van der Waals surface area contributed by atoms with Crippen LogP contribution in [-0.2, 0) is 19.0 Å². The van der Waals surface area contributed by atoms with Crippen molar-refractivity contribution < 1.29 is 28.9 Å². The number of carboxylic acid groups (broad SMARTS) is 1. The first-order valence-corrected chi connectivity index (χ1v) is 10.6. The first kappa shape index (κ1) is 24.7. The van der Waals surface area contributed by atoms with E-state index in [9.17, 15) is 14.7 Å². The highest BCUT2D eigenvalue weighted by atomic mass is 35.5. The van der Waals surface area contributed by atoms with E-state index in [-0.39, 0.29) is 50.3 Å². The second kappa shape index (κ2) is 10.7. The van der Waals surface area contributed by atoms with E-state index in [1.165, 1.54) is 4.90 Å². The standard InChI is InChI=1S/C21H29Cl2NO6/c1-5-29-19(25)12-28-11-17-14(13-6-7-15(22)16(23)8-13)9-24(20(26)27)10-18(30-17)21(2,3)4/h6-8,14,17-18H,5,9-12H2,1-4H3,(H,26,27). The van der Waals surface area contributed by atoms with Crippen molar-refractivity contribution >= 4 is 35.3 Å². The van der Waals surface area contributed by atoms with Crippen molar-refractivity contribution in [2.45, 2.75) is 45.8 Å². The number of hydrogen-bond donors (Lipinski definition) is 1. The van der Waals surface area contributed by atoms with Crippen LogP contribution in [0.4, 0.5) is 4.79 Å². The molecular weight excluding hydrogens is 433 g/mol. The van der Waals surface area contributed by atoms with Gasteiger partial charge in [0, 0.05) is 12.5 Å². The Morgan fingerprint density at radius 2 is 1.93 bits per heavy atom. The van der Waals surface area contributed by atoms with E-state index in [1.807, 2.05) is 20.8 Å². The molecule has 3 unspecified atom stereocenters. The fourth-order valence-corrected chi connectivity index (χ4v) is 3.60. The summed E-state index contributed by atoms with van der Waals surface area (Å²) in [5.74, 6) is -0.817. The Bertz CT molecular complexity index is 752. The van der Waals surface area contributed by atoms with Crippen molar-refractivity contribution in [2.75, 3.05) is 32.9 Å². The Morgan fingerprint density at radius 3 is 2.50 bits per heavy atom. The van der Waals surface area contributed by atoms with Crippen LogP contribution in [0.2, 0.25) is 10.0 Å². The van der Waals surface area contributed by atoms with Crippen molar-refractivity contribution in [2.24, 2.45) is 5.41 Å². The van der Waals surface area contributed by atoms with Crippen LogP contribution in [0, 0.1) is 5.41 Å². The zero-order valence-electron chi connectivity index (χ0n) is 17.7. The van der Waals surface area contributed by atoms with E-state index in [0.29, 0.717) is 10.0 Å². The molecule has 0 radical (unpaired) electrons. The van der Waals surface area contributed by atoms with E-state index in [2.05, 4.69) is 0 Å². The van der Waals surface area contributed by atoms with Gasteiger partial charge in [-0.2, -0.15) is 0 Å². The van der Waals surface area contributed by atoms with Crippen molar-refractivity contribution in [3.63, 3.8) is 0 Å². The molecular formula is C21H29Cl2NO6. The molecule has 1 aromatic carbocycles. The first-order valence-electron chi connectivity index (χ1n) is 9.84. The molecule has 0 aromatic heterocycles. The molecule has 2 rings (SSSR count). The molecule has 1 aromatic rings. The van der Waals surface area contributed by atoms with Gasteiger partial charge in [-0.05, 0) is 30.0 Å². The number of esters is 1. The van der Waals surface area contributed by atoms with Gasteiger partial charge in [-0.1, -0.05) is 50.0 Å². The summed E-state index contributed by atoms with van der Waals surface area (Å²) in [5.41, 5.74) is 0.481. The third kappa shape index (κ3) is 6.74. The monoisotopic (exact) mass is 461 g/mol. The molecule has 0 bridgehead atoms. The van der Waals surface area contributed by atoms with Crippen LogP contribution in [0.5, 0.6) is 0 Å². The van der Waals surface area contributed by atoms with Crippen LogP contribution >= 0.6 is 23.2 Å². The van der Waals surface area contributed by atoms with Crippen molar-refractivity contribution in [3.05, 3.63) is 33.8 Å². The van der Waals surface area contributed by atoms with Crippen LogP contribution in [0.25, 0.3) is 0 Å². The number of hydrogen-bond acceptors (Lipinski definition) is 5. The fraction of sp³-hybridized carbons (Fsp3) is 0.619. The summed E-state index contributed by atoms with van der Waals surface area (Å²) >= 11 is 12.3. The predicted octanol–water partition coefficient (Wildman–Crippen LogP) is 4.45. The minimum atomic E-state index is -1.02. The molecule has 0 saturated carbocycles. The van der Waals surface area contributed by atoms with Crippen LogP contribution in [0.3, 0.4) is 0 Å². The van der Waals surface area contributed by atoms with Gasteiger partial charge in [0.2, 0.25) is 0 Å². The molecule has 9 heteroatoms. The number of rotatable bonds is 6. The second-order valence-electron chi connectivity index (χ2n) is 8.32. The smallest absolute Gasteiger partial charge is 0.407 e. The van der Waals surface area contributed by atoms with Crippen LogP contribution in [0.15, 0.2) is 18.2 Å².